The van der Waals surface area contributed by atoms with Gasteiger partial charge in [-0.2, -0.15) is 0 Å². The van der Waals surface area contributed by atoms with E-state index in [2.05, 4.69) is 37.4 Å². The third-order valence-electron chi connectivity index (χ3n) is 5.59. The lowest BCUT2D eigenvalue weighted by Gasteiger charge is -2.38. The van der Waals surface area contributed by atoms with Gasteiger partial charge in [0.15, 0.2) is 0 Å². The van der Waals surface area contributed by atoms with Crippen molar-refractivity contribution in [3.8, 4) is 5.75 Å². The Morgan fingerprint density at radius 3 is 2.71 bits per heavy atom. The normalized spacial score (nSPS) is 21.6. The van der Waals surface area contributed by atoms with Crippen molar-refractivity contribution >= 4 is 0 Å². The van der Waals surface area contributed by atoms with Gasteiger partial charge in [0, 0.05) is 6.04 Å². The van der Waals surface area contributed by atoms with Crippen LogP contribution in [0.4, 0.5) is 0 Å². The fourth-order valence-corrected chi connectivity index (χ4v) is 4.38. The summed E-state index contributed by atoms with van der Waals surface area (Å²) in [5.74, 6) is 1.11. The molecule has 0 aromatic heterocycles. The predicted octanol–water partition coefficient (Wildman–Crippen LogP) is 4.63. The van der Waals surface area contributed by atoms with E-state index in [4.69, 9.17) is 4.74 Å². The quantitative estimate of drug-likeness (QED) is 0.852. The molecule has 1 N–H and O–H groups in total. The molecule has 1 aliphatic carbocycles. The van der Waals surface area contributed by atoms with Gasteiger partial charge in [-0.25, -0.2) is 0 Å². The summed E-state index contributed by atoms with van der Waals surface area (Å²) < 4.78 is 5.77. The lowest BCUT2D eigenvalue weighted by atomic mass is 9.73. The molecule has 2 heteroatoms. The summed E-state index contributed by atoms with van der Waals surface area (Å²) >= 11 is 0. The number of fused-ring (bicyclic) bond motifs is 1. The average molecular weight is 287 g/mol. The fourth-order valence-electron chi connectivity index (χ4n) is 4.38. The summed E-state index contributed by atoms with van der Waals surface area (Å²) in [5, 5.41) is 3.80. The Balaban J connectivity index is 1.93. The summed E-state index contributed by atoms with van der Waals surface area (Å²) in [4.78, 5) is 0. The Hall–Kier alpha value is -1.02. The number of hydrogen-bond acceptors (Lipinski definition) is 2. The minimum atomic E-state index is 0.458. The molecule has 1 heterocycles. The van der Waals surface area contributed by atoms with Gasteiger partial charge in [0.25, 0.3) is 0 Å². The minimum Gasteiger partial charge on any atom is -0.493 e. The topological polar surface area (TPSA) is 21.3 Å². The highest BCUT2D eigenvalue weighted by molar-refractivity contribution is 5.40. The first kappa shape index (κ1) is 14.9. The van der Waals surface area contributed by atoms with E-state index in [0.29, 0.717) is 11.5 Å². The molecule has 0 radical (unpaired) electrons. The molecular formula is C19H29NO. The number of hydrogen-bond donors (Lipinski definition) is 1. The second-order valence-corrected chi connectivity index (χ2v) is 6.73. The third-order valence-corrected chi connectivity index (χ3v) is 5.59. The molecule has 1 fully saturated rings. The molecule has 1 saturated carbocycles. The zero-order valence-electron chi connectivity index (χ0n) is 13.6. The number of benzene rings is 1. The smallest absolute Gasteiger partial charge is 0.122 e. The van der Waals surface area contributed by atoms with E-state index in [-0.39, 0.29) is 0 Å². The van der Waals surface area contributed by atoms with Gasteiger partial charge in [0.1, 0.15) is 5.75 Å². The molecule has 21 heavy (non-hydrogen) atoms. The van der Waals surface area contributed by atoms with Crippen LogP contribution in [-0.2, 0) is 6.42 Å². The Bertz CT molecular complexity index is 476. The van der Waals surface area contributed by atoms with Gasteiger partial charge in [-0.3, -0.25) is 0 Å². The van der Waals surface area contributed by atoms with Crippen molar-refractivity contribution in [3.05, 3.63) is 29.3 Å². The van der Waals surface area contributed by atoms with Gasteiger partial charge in [-0.05, 0) is 61.3 Å². The molecule has 0 saturated heterocycles. The minimum absolute atomic E-state index is 0.458. The number of rotatable bonds is 5. The van der Waals surface area contributed by atoms with E-state index in [1.807, 2.05) is 0 Å². The van der Waals surface area contributed by atoms with Crippen LogP contribution in [0.1, 0.15) is 69.5 Å². The summed E-state index contributed by atoms with van der Waals surface area (Å²) in [5.41, 5.74) is 3.34. The van der Waals surface area contributed by atoms with Gasteiger partial charge in [-0.1, -0.05) is 38.8 Å². The van der Waals surface area contributed by atoms with Crippen molar-refractivity contribution in [2.24, 2.45) is 5.41 Å². The molecule has 0 amide bonds. The van der Waals surface area contributed by atoms with Crippen molar-refractivity contribution in [1.29, 1.82) is 0 Å². The number of aryl methyl sites for hydroxylation is 1. The van der Waals surface area contributed by atoms with E-state index in [1.54, 1.807) is 0 Å². The summed E-state index contributed by atoms with van der Waals surface area (Å²) in [6, 6.07) is 7.42. The molecule has 1 aromatic rings. The number of ether oxygens (including phenoxy) is 1. The maximum atomic E-state index is 5.77. The van der Waals surface area contributed by atoms with E-state index in [1.165, 1.54) is 49.7 Å². The average Bonchev–Trinajstić information content (AvgIpc) is 3.02. The first-order valence-corrected chi connectivity index (χ1v) is 8.78. The molecule has 0 spiro atoms. The molecule has 116 valence electrons. The maximum Gasteiger partial charge on any atom is 0.122 e. The van der Waals surface area contributed by atoms with Gasteiger partial charge in [0.05, 0.1) is 6.61 Å². The van der Waals surface area contributed by atoms with Crippen molar-refractivity contribution in [2.45, 2.75) is 64.8 Å². The maximum absolute atomic E-state index is 5.77. The van der Waals surface area contributed by atoms with Gasteiger partial charge >= 0.3 is 0 Å². The molecule has 1 aliphatic heterocycles. The van der Waals surface area contributed by atoms with Crippen LogP contribution in [0.2, 0.25) is 0 Å². The fraction of sp³-hybridized carbons (Fsp3) is 0.684. The Labute approximate surface area is 129 Å². The standard InChI is InChI=1S/C19H29NO/c1-3-19(11-5-6-12-19)18(20-4-2)16-9-10-17-15(14-16)8-7-13-21-17/h9-10,14,18,20H,3-8,11-13H2,1-2H3. The van der Waals surface area contributed by atoms with Crippen molar-refractivity contribution in [3.63, 3.8) is 0 Å². The zero-order valence-corrected chi connectivity index (χ0v) is 13.6. The van der Waals surface area contributed by atoms with Crippen LogP contribution >= 0.6 is 0 Å². The molecule has 1 aromatic carbocycles. The third kappa shape index (κ3) is 2.83. The monoisotopic (exact) mass is 287 g/mol. The van der Waals surface area contributed by atoms with Crippen LogP contribution in [0.25, 0.3) is 0 Å². The molecule has 3 rings (SSSR count). The first-order valence-electron chi connectivity index (χ1n) is 8.78. The lowest BCUT2D eigenvalue weighted by molar-refractivity contribution is 0.188. The summed E-state index contributed by atoms with van der Waals surface area (Å²) in [6.45, 7) is 6.52. The molecule has 2 aliphatic rings. The molecule has 1 unspecified atom stereocenters. The Kier molecular flexibility index (Phi) is 4.54. The van der Waals surface area contributed by atoms with E-state index in [0.717, 1.165) is 25.3 Å². The van der Waals surface area contributed by atoms with E-state index >= 15 is 0 Å². The highest BCUT2D eigenvalue weighted by atomic mass is 16.5. The zero-order chi connectivity index (χ0) is 14.7. The van der Waals surface area contributed by atoms with Gasteiger partial charge in [0.2, 0.25) is 0 Å². The van der Waals surface area contributed by atoms with Crippen molar-refractivity contribution < 1.29 is 4.74 Å². The predicted molar refractivity (Wildman–Crippen MR) is 87.9 cm³/mol. The molecule has 2 nitrogen and oxygen atoms in total. The molecular weight excluding hydrogens is 258 g/mol. The van der Waals surface area contributed by atoms with Crippen LogP contribution in [0.15, 0.2) is 18.2 Å². The van der Waals surface area contributed by atoms with E-state index < -0.39 is 0 Å². The van der Waals surface area contributed by atoms with Gasteiger partial charge < -0.3 is 10.1 Å². The van der Waals surface area contributed by atoms with Crippen LogP contribution in [-0.4, -0.2) is 13.2 Å². The second kappa shape index (κ2) is 6.39. The second-order valence-electron chi connectivity index (χ2n) is 6.73. The SMILES string of the molecule is CCNC(c1ccc2c(c1)CCCO2)C1(CC)CCCC1. The lowest BCUT2D eigenvalue weighted by Crippen LogP contribution is -2.36. The Morgan fingerprint density at radius 2 is 2.00 bits per heavy atom. The summed E-state index contributed by atoms with van der Waals surface area (Å²) in [6.07, 6.45) is 9.12. The highest BCUT2D eigenvalue weighted by Gasteiger charge is 2.40. The molecule has 1 atom stereocenters. The molecule has 0 bridgehead atoms. The van der Waals surface area contributed by atoms with Gasteiger partial charge in [-0.15, -0.1) is 0 Å². The summed E-state index contributed by atoms with van der Waals surface area (Å²) in [7, 11) is 0. The van der Waals surface area contributed by atoms with E-state index in [9.17, 15) is 0 Å². The van der Waals surface area contributed by atoms with Crippen molar-refractivity contribution in [1.82, 2.24) is 5.32 Å². The van der Waals surface area contributed by atoms with Crippen LogP contribution in [0.3, 0.4) is 0 Å². The highest BCUT2D eigenvalue weighted by Crippen LogP contribution is 2.50. The van der Waals surface area contributed by atoms with Crippen LogP contribution in [0.5, 0.6) is 5.75 Å². The van der Waals surface area contributed by atoms with Crippen LogP contribution in [0, 0.1) is 5.41 Å². The largest absolute Gasteiger partial charge is 0.493 e. The number of nitrogens with one attached hydrogen (secondary N) is 1. The first-order chi connectivity index (χ1) is 10.3. The Morgan fingerprint density at radius 1 is 1.19 bits per heavy atom. The van der Waals surface area contributed by atoms with Crippen LogP contribution < -0.4 is 10.1 Å². The van der Waals surface area contributed by atoms with Crippen molar-refractivity contribution in [2.75, 3.05) is 13.2 Å².